The first kappa shape index (κ1) is 20.5. The molecule has 1 spiro atoms. The summed E-state index contributed by atoms with van der Waals surface area (Å²) in [6.45, 7) is 6.20. The second-order valence-electron chi connectivity index (χ2n) is 7.92. The number of likely N-dealkylation sites (tertiary alicyclic amines) is 1. The zero-order valence-corrected chi connectivity index (χ0v) is 17.3. The van der Waals surface area contributed by atoms with E-state index in [1.807, 2.05) is 24.4 Å². The van der Waals surface area contributed by atoms with Crippen molar-refractivity contribution < 1.29 is 19.2 Å². The second kappa shape index (κ2) is 8.53. The minimum absolute atomic E-state index is 0.124. The maximum Gasteiger partial charge on any atom is 0.311 e. The average molecular weight is 409 g/mol. The molecule has 3 heterocycles. The second-order valence-corrected chi connectivity index (χ2v) is 7.92. The van der Waals surface area contributed by atoms with E-state index in [2.05, 4.69) is 28.6 Å². The summed E-state index contributed by atoms with van der Waals surface area (Å²) in [6.07, 6.45) is 4.88. The van der Waals surface area contributed by atoms with Crippen LogP contribution in [0.5, 0.6) is 0 Å². The molecule has 7 nitrogen and oxygen atoms in total. The molecule has 30 heavy (non-hydrogen) atoms. The fourth-order valence-corrected chi connectivity index (χ4v) is 4.79. The lowest BCUT2D eigenvalue weighted by Crippen LogP contribution is -2.57. The molecule has 0 radical (unpaired) electrons. The number of rotatable bonds is 6. The van der Waals surface area contributed by atoms with E-state index in [1.54, 1.807) is 6.08 Å². The number of benzene rings is 1. The van der Waals surface area contributed by atoms with Gasteiger partial charge in [-0.15, -0.1) is 6.58 Å². The van der Waals surface area contributed by atoms with Gasteiger partial charge in [0.25, 0.3) is 0 Å². The number of hydrogen-bond donors (Lipinski definition) is 0. The number of nitrogens with zero attached hydrogens (tertiary/aromatic N) is 3. The van der Waals surface area contributed by atoms with Crippen LogP contribution in [0.2, 0.25) is 0 Å². The maximum absolute atomic E-state index is 12.6. The van der Waals surface area contributed by atoms with Crippen molar-refractivity contribution in [1.29, 1.82) is 0 Å². The topological polar surface area (TPSA) is 72.0 Å². The molecule has 4 rings (SSSR count). The molecule has 2 saturated heterocycles. The molecule has 1 aromatic carbocycles. The van der Waals surface area contributed by atoms with Crippen LogP contribution in [-0.2, 0) is 25.7 Å². The van der Waals surface area contributed by atoms with Crippen LogP contribution in [0.4, 0.5) is 0 Å². The summed E-state index contributed by atoms with van der Waals surface area (Å²) < 4.78 is 5.02. The Morgan fingerprint density at radius 1 is 1.30 bits per heavy atom. The van der Waals surface area contributed by atoms with Crippen LogP contribution >= 0.6 is 0 Å². The molecular weight excluding hydrogens is 382 g/mol. The van der Waals surface area contributed by atoms with Crippen molar-refractivity contribution >= 4 is 22.8 Å². The van der Waals surface area contributed by atoms with Crippen molar-refractivity contribution in [3.8, 4) is 0 Å². The average Bonchev–Trinajstić information content (AvgIpc) is 3.04. The number of hydroxylamine groups is 2. The Bertz CT molecular complexity index is 947. The number of hydrogen-bond acceptors (Lipinski definition) is 6. The SMILES string of the molecule is C=CCON1C(=O)CC(C(=O)OC)C12CCN(Cc1ccnc3ccccc13)CC2. The molecular formula is C23H27N3O4. The molecule has 2 aliphatic heterocycles. The molecule has 1 atom stereocenters. The van der Waals surface area contributed by atoms with Gasteiger partial charge < -0.3 is 4.74 Å². The van der Waals surface area contributed by atoms with Crippen LogP contribution in [-0.4, -0.2) is 59.2 Å². The summed E-state index contributed by atoms with van der Waals surface area (Å²) in [5.41, 5.74) is 1.55. The van der Waals surface area contributed by atoms with Crippen LogP contribution in [0.25, 0.3) is 10.9 Å². The van der Waals surface area contributed by atoms with E-state index in [0.29, 0.717) is 12.8 Å². The minimum Gasteiger partial charge on any atom is -0.469 e. The monoisotopic (exact) mass is 409 g/mol. The third-order valence-electron chi connectivity index (χ3n) is 6.32. The van der Waals surface area contributed by atoms with E-state index >= 15 is 0 Å². The molecule has 1 amide bonds. The highest BCUT2D eigenvalue weighted by molar-refractivity contribution is 5.88. The van der Waals surface area contributed by atoms with E-state index < -0.39 is 11.5 Å². The van der Waals surface area contributed by atoms with Crippen molar-refractivity contribution in [1.82, 2.24) is 14.9 Å². The summed E-state index contributed by atoms with van der Waals surface area (Å²) in [6, 6.07) is 10.2. The first-order chi connectivity index (χ1) is 14.6. The minimum atomic E-state index is -0.663. The summed E-state index contributed by atoms with van der Waals surface area (Å²) >= 11 is 0. The number of aromatic nitrogens is 1. The normalized spacial score (nSPS) is 21.3. The third kappa shape index (κ3) is 3.59. The van der Waals surface area contributed by atoms with Crippen molar-refractivity contribution in [2.24, 2.45) is 5.92 Å². The Hall–Kier alpha value is -2.77. The van der Waals surface area contributed by atoms with E-state index in [9.17, 15) is 9.59 Å². The molecule has 0 saturated carbocycles. The van der Waals surface area contributed by atoms with Crippen molar-refractivity contribution in [3.63, 3.8) is 0 Å². The zero-order valence-electron chi connectivity index (χ0n) is 17.3. The molecule has 7 heteroatoms. The maximum atomic E-state index is 12.6. The molecule has 158 valence electrons. The highest BCUT2D eigenvalue weighted by atomic mass is 16.7. The van der Waals surface area contributed by atoms with Gasteiger partial charge in [0.2, 0.25) is 5.91 Å². The molecule has 0 N–H and O–H groups in total. The van der Waals surface area contributed by atoms with Crippen LogP contribution in [0.3, 0.4) is 0 Å². The van der Waals surface area contributed by atoms with E-state index in [4.69, 9.17) is 9.57 Å². The van der Waals surface area contributed by atoms with E-state index in [-0.39, 0.29) is 24.9 Å². The predicted octanol–water partition coefficient (Wildman–Crippen LogP) is 2.71. The largest absolute Gasteiger partial charge is 0.469 e. The van der Waals surface area contributed by atoms with Gasteiger partial charge in [0.15, 0.2) is 0 Å². The van der Waals surface area contributed by atoms with Crippen LogP contribution in [0.1, 0.15) is 24.8 Å². The lowest BCUT2D eigenvalue weighted by atomic mass is 9.77. The zero-order chi connectivity index (χ0) is 21.1. The fraction of sp³-hybridized carbons (Fsp3) is 0.435. The fourth-order valence-electron chi connectivity index (χ4n) is 4.79. The number of ether oxygens (including phenoxy) is 1. The lowest BCUT2D eigenvalue weighted by molar-refractivity contribution is -0.218. The van der Waals surface area contributed by atoms with Gasteiger partial charge in [-0.1, -0.05) is 24.3 Å². The van der Waals surface area contributed by atoms with Gasteiger partial charge in [0.05, 0.1) is 30.7 Å². The first-order valence-electron chi connectivity index (χ1n) is 10.3. The van der Waals surface area contributed by atoms with Crippen LogP contribution in [0.15, 0.2) is 49.2 Å². The lowest BCUT2D eigenvalue weighted by Gasteiger charge is -2.45. The van der Waals surface area contributed by atoms with Gasteiger partial charge in [-0.2, -0.15) is 0 Å². The Balaban J connectivity index is 1.53. The molecule has 1 aromatic heterocycles. The number of piperidine rings is 1. The number of carbonyl (C=O) groups excluding carboxylic acids is 2. The quantitative estimate of drug-likeness (QED) is 0.540. The number of esters is 1. The Morgan fingerprint density at radius 2 is 2.07 bits per heavy atom. The van der Waals surface area contributed by atoms with Crippen molar-refractivity contribution in [2.75, 3.05) is 26.8 Å². The Kier molecular flexibility index (Phi) is 5.83. The number of fused-ring (bicyclic) bond motifs is 1. The molecule has 0 bridgehead atoms. The smallest absolute Gasteiger partial charge is 0.311 e. The van der Waals surface area contributed by atoms with Gasteiger partial charge in [-0.05, 0) is 30.5 Å². The molecule has 2 fully saturated rings. The number of methoxy groups -OCH3 is 1. The van der Waals surface area contributed by atoms with Gasteiger partial charge >= 0.3 is 5.97 Å². The highest BCUT2D eigenvalue weighted by Crippen LogP contribution is 2.44. The standard InChI is InChI=1S/C23H27N3O4/c1-3-14-30-26-21(27)15-19(22(28)29-2)23(26)9-12-25(13-10-23)16-17-8-11-24-20-7-5-4-6-18(17)20/h3-8,11,19H,1,9-10,12-16H2,2H3. The number of pyridine rings is 1. The molecule has 0 aliphatic carbocycles. The molecule has 1 unspecified atom stereocenters. The van der Waals surface area contributed by atoms with Gasteiger partial charge in [-0.25, -0.2) is 5.06 Å². The van der Waals surface area contributed by atoms with Crippen molar-refractivity contribution in [3.05, 3.63) is 54.7 Å². The summed E-state index contributed by atoms with van der Waals surface area (Å²) in [5, 5.41) is 2.59. The summed E-state index contributed by atoms with van der Waals surface area (Å²) in [4.78, 5) is 37.6. The van der Waals surface area contributed by atoms with Crippen LogP contribution in [0, 0.1) is 5.92 Å². The Morgan fingerprint density at radius 3 is 2.80 bits per heavy atom. The van der Waals surface area contributed by atoms with E-state index in [1.165, 1.54) is 17.7 Å². The predicted molar refractivity (Wildman–Crippen MR) is 112 cm³/mol. The molecule has 2 aliphatic rings. The van der Waals surface area contributed by atoms with Gasteiger partial charge in [0, 0.05) is 37.6 Å². The summed E-state index contributed by atoms with van der Waals surface area (Å²) in [7, 11) is 1.37. The summed E-state index contributed by atoms with van der Waals surface area (Å²) in [5.74, 6) is -1.02. The van der Waals surface area contributed by atoms with Crippen LogP contribution < -0.4 is 0 Å². The number of amides is 1. The third-order valence-corrected chi connectivity index (χ3v) is 6.32. The van der Waals surface area contributed by atoms with Crippen molar-refractivity contribution in [2.45, 2.75) is 31.3 Å². The molecule has 2 aromatic rings. The van der Waals surface area contributed by atoms with Gasteiger partial charge in [-0.3, -0.25) is 24.3 Å². The Labute approximate surface area is 176 Å². The van der Waals surface area contributed by atoms with E-state index in [0.717, 1.165) is 30.5 Å². The highest BCUT2D eigenvalue weighted by Gasteiger charge is 2.58. The van der Waals surface area contributed by atoms with Gasteiger partial charge in [0.1, 0.15) is 0 Å². The first-order valence-corrected chi connectivity index (χ1v) is 10.3. The number of para-hydroxylation sites is 1. The number of carbonyl (C=O) groups is 2.